The van der Waals surface area contributed by atoms with E-state index in [-0.39, 0.29) is 0 Å². The molecule has 1 fully saturated rings. The Bertz CT molecular complexity index is 205. The van der Waals surface area contributed by atoms with E-state index in [9.17, 15) is 0 Å². The molecule has 1 aliphatic rings. The number of hydrogen-bond acceptors (Lipinski definition) is 2. The van der Waals surface area contributed by atoms with E-state index in [0.717, 1.165) is 5.92 Å². The van der Waals surface area contributed by atoms with Crippen LogP contribution in [0.3, 0.4) is 0 Å². The zero-order chi connectivity index (χ0) is 15.1. The van der Waals surface area contributed by atoms with Crippen molar-refractivity contribution in [1.82, 2.24) is 4.90 Å². The topological polar surface area (TPSA) is 27.0 Å². The predicted molar refractivity (Wildman–Crippen MR) is 88.7 cm³/mol. The van der Waals surface area contributed by atoms with Gasteiger partial charge in [0.25, 0.3) is 0 Å². The van der Waals surface area contributed by atoms with Crippen LogP contribution in [-0.2, 0) is 0 Å². The van der Waals surface area contributed by atoms with Crippen molar-refractivity contribution in [2.45, 2.75) is 84.5 Å². The molecule has 0 aromatic heterocycles. The second-order valence-corrected chi connectivity index (χ2v) is 6.20. The zero-order valence-corrected chi connectivity index (χ0v) is 13.9. The Morgan fingerprint density at radius 1 is 0.850 bits per heavy atom. The Kier molecular flexibility index (Phi) is 14.4. The van der Waals surface area contributed by atoms with Gasteiger partial charge in [0.05, 0.1) is 0 Å². The molecule has 2 heteroatoms. The Balaban J connectivity index is 0.00000172. The molecule has 0 saturated carbocycles. The van der Waals surface area contributed by atoms with Gasteiger partial charge in [0.1, 0.15) is 0 Å². The lowest BCUT2D eigenvalue weighted by Crippen LogP contribution is -2.34. The first-order chi connectivity index (χ1) is 9.86. The van der Waals surface area contributed by atoms with Crippen LogP contribution in [0.15, 0.2) is 0 Å². The minimum atomic E-state index is 1.05. The van der Waals surface area contributed by atoms with Crippen molar-refractivity contribution in [3.05, 3.63) is 0 Å². The van der Waals surface area contributed by atoms with Gasteiger partial charge in [0, 0.05) is 6.57 Å². The third kappa shape index (κ3) is 10.3. The number of piperidine rings is 1. The van der Waals surface area contributed by atoms with Crippen molar-refractivity contribution in [1.29, 1.82) is 5.26 Å². The van der Waals surface area contributed by atoms with E-state index < -0.39 is 0 Å². The first-order valence-corrected chi connectivity index (χ1v) is 8.85. The van der Waals surface area contributed by atoms with Gasteiger partial charge in [-0.1, -0.05) is 65.2 Å². The van der Waals surface area contributed by atoms with E-state index in [1.807, 2.05) is 0 Å². The second kappa shape index (κ2) is 14.9. The van der Waals surface area contributed by atoms with Gasteiger partial charge in [0.2, 0.25) is 0 Å². The predicted octanol–water partition coefficient (Wildman–Crippen LogP) is 5.39. The summed E-state index contributed by atoms with van der Waals surface area (Å²) in [5, 5.41) is 6.50. The number of unbranched alkanes of at least 4 members (excludes halogenated alkanes) is 6. The summed E-state index contributed by atoms with van der Waals surface area (Å²) in [5.74, 6) is 1.05. The fraction of sp³-hybridized carbons (Fsp3) is 0.944. The zero-order valence-electron chi connectivity index (χ0n) is 13.9. The standard InChI is InChI=1S/C17H35N.CHN/c1-3-5-7-8-9-10-14-18-15-12-17(13-16-18)11-6-4-2;1-2/h17H,3-16H2,1-2H3;1H. The van der Waals surface area contributed by atoms with Gasteiger partial charge >= 0.3 is 0 Å². The molecule has 118 valence electrons. The van der Waals surface area contributed by atoms with Crippen LogP contribution in [0, 0.1) is 17.8 Å². The third-order valence-corrected chi connectivity index (χ3v) is 4.50. The van der Waals surface area contributed by atoms with E-state index in [0.29, 0.717) is 0 Å². The molecule has 1 rings (SSSR count). The summed E-state index contributed by atoms with van der Waals surface area (Å²) in [6, 6.07) is 0. The molecule has 1 saturated heterocycles. The van der Waals surface area contributed by atoms with Gasteiger partial charge in [-0.05, 0) is 44.8 Å². The van der Waals surface area contributed by atoms with Gasteiger partial charge in [0.15, 0.2) is 0 Å². The highest BCUT2D eigenvalue weighted by Gasteiger charge is 2.17. The highest BCUT2D eigenvalue weighted by molar-refractivity contribution is 4.72. The van der Waals surface area contributed by atoms with Gasteiger partial charge in [-0.25, -0.2) is 5.26 Å². The largest absolute Gasteiger partial charge is 0.303 e. The van der Waals surface area contributed by atoms with Gasteiger partial charge in [-0.3, -0.25) is 0 Å². The molecule has 20 heavy (non-hydrogen) atoms. The highest BCUT2D eigenvalue weighted by atomic mass is 15.1. The lowest BCUT2D eigenvalue weighted by atomic mass is 9.91. The molecular formula is C18H36N2. The average Bonchev–Trinajstić information content (AvgIpc) is 2.52. The highest BCUT2D eigenvalue weighted by Crippen LogP contribution is 2.22. The molecular weight excluding hydrogens is 244 g/mol. The van der Waals surface area contributed by atoms with E-state index in [1.165, 1.54) is 90.3 Å². The molecule has 0 aromatic rings. The SMILES string of the molecule is C#N.CCCCCCCCN1CCC(CCCC)CC1. The van der Waals surface area contributed by atoms with E-state index in [1.54, 1.807) is 0 Å². The summed E-state index contributed by atoms with van der Waals surface area (Å²) < 4.78 is 0. The number of nitrogens with zero attached hydrogens (tertiary/aromatic N) is 2. The van der Waals surface area contributed by atoms with Crippen LogP contribution in [-0.4, -0.2) is 24.5 Å². The van der Waals surface area contributed by atoms with Crippen molar-refractivity contribution in [3.63, 3.8) is 0 Å². The molecule has 0 N–H and O–H groups in total. The van der Waals surface area contributed by atoms with Gasteiger partial charge < -0.3 is 4.90 Å². The lowest BCUT2D eigenvalue weighted by molar-refractivity contribution is 0.174. The molecule has 2 nitrogen and oxygen atoms in total. The molecule has 0 unspecified atom stereocenters. The first-order valence-electron chi connectivity index (χ1n) is 8.85. The maximum absolute atomic E-state index is 6.50. The Hall–Kier alpha value is -0.550. The second-order valence-electron chi connectivity index (χ2n) is 6.20. The average molecular weight is 280 g/mol. The number of nitriles is 1. The molecule has 1 aliphatic heterocycles. The van der Waals surface area contributed by atoms with Crippen LogP contribution in [0.4, 0.5) is 0 Å². The van der Waals surface area contributed by atoms with Gasteiger partial charge in [-0.15, -0.1) is 0 Å². The van der Waals surface area contributed by atoms with Crippen molar-refractivity contribution >= 4 is 0 Å². The number of rotatable bonds is 10. The maximum Gasteiger partial charge on any atom is 0.0462 e. The van der Waals surface area contributed by atoms with Crippen molar-refractivity contribution in [2.75, 3.05) is 19.6 Å². The Labute approximate surface area is 127 Å². The quantitative estimate of drug-likeness (QED) is 0.502. The molecule has 0 bridgehead atoms. The van der Waals surface area contributed by atoms with Gasteiger partial charge in [-0.2, -0.15) is 0 Å². The van der Waals surface area contributed by atoms with Crippen LogP contribution in [0.2, 0.25) is 0 Å². The Morgan fingerprint density at radius 3 is 2.00 bits per heavy atom. The lowest BCUT2D eigenvalue weighted by Gasteiger charge is -2.32. The van der Waals surface area contributed by atoms with Crippen LogP contribution in [0.5, 0.6) is 0 Å². The fourth-order valence-electron chi connectivity index (χ4n) is 3.11. The summed E-state index contributed by atoms with van der Waals surface area (Å²) in [7, 11) is 0. The third-order valence-electron chi connectivity index (χ3n) is 4.50. The molecule has 0 atom stereocenters. The molecule has 0 radical (unpaired) electrons. The molecule has 0 amide bonds. The summed E-state index contributed by atoms with van der Waals surface area (Å²) >= 11 is 0. The van der Waals surface area contributed by atoms with E-state index >= 15 is 0 Å². The minimum Gasteiger partial charge on any atom is -0.303 e. The molecule has 0 spiro atoms. The number of likely N-dealkylation sites (tertiary alicyclic amines) is 1. The summed E-state index contributed by atoms with van der Waals surface area (Å²) in [5.41, 5.74) is 0. The minimum absolute atomic E-state index is 1.05. The van der Waals surface area contributed by atoms with Crippen LogP contribution in [0.25, 0.3) is 0 Å². The number of hydrogen-bond donors (Lipinski definition) is 0. The summed E-state index contributed by atoms with van der Waals surface area (Å²) in [6.45, 7) is 12.2. The summed E-state index contributed by atoms with van der Waals surface area (Å²) in [4.78, 5) is 2.71. The maximum atomic E-state index is 6.50. The van der Waals surface area contributed by atoms with Crippen molar-refractivity contribution in [2.24, 2.45) is 5.92 Å². The monoisotopic (exact) mass is 280 g/mol. The van der Waals surface area contributed by atoms with E-state index in [2.05, 4.69) is 25.3 Å². The van der Waals surface area contributed by atoms with Crippen LogP contribution >= 0.6 is 0 Å². The summed E-state index contributed by atoms with van der Waals surface area (Å²) in [6.07, 6.45) is 15.8. The molecule has 0 aromatic carbocycles. The Morgan fingerprint density at radius 2 is 1.40 bits per heavy atom. The first kappa shape index (κ1) is 19.4. The van der Waals surface area contributed by atoms with Crippen LogP contribution < -0.4 is 0 Å². The fourth-order valence-corrected chi connectivity index (χ4v) is 3.11. The molecule has 1 heterocycles. The van der Waals surface area contributed by atoms with Crippen molar-refractivity contribution in [3.8, 4) is 6.57 Å². The van der Waals surface area contributed by atoms with Crippen LogP contribution in [0.1, 0.15) is 84.5 Å². The van der Waals surface area contributed by atoms with Crippen molar-refractivity contribution < 1.29 is 0 Å². The van der Waals surface area contributed by atoms with E-state index in [4.69, 9.17) is 5.26 Å². The smallest absolute Gasteiger partial charge is 0.0462 e. The normalized spacial score (nSPS) is 16.6. The molecule has 0 aliphatic carbocycles.